The predicted molar refractivity (Wildman–Crippen MR) is 44.7 cm³/mol. The summed E-state index contributed by atoms with van der Waals surface area (Å²) in [7, 11) is 0. The Morgan fingerprint density at radius 3 is 3.08 bits per heavy atom. The van der Waals surface area contributed by atoms with E-state index in [0.29, 0.717) is 17.2 Å². The van der Waals surface area contributed by atoms with Gasteiger partial charge in [0.05, 0.1) is 10.5 Å². The van der Waals surface area contributed by atoms with Gasteiger partial charge in [-0.3, -0.25) is 0 Å². The largest absolute Gasteiger partial charge is 0.323 e. The molecule has 1 heterocycles. The summed E-state index contributed by atoms with van der Waals surface area (Å²) in [6, 6.07) is 7.32. The molecule has 0 fully saturated rings. The van der Waals surface area contributed by atoms with Crippen LogP contribution in [0.5, 0.6) is 0 Å². The van der Waals surface area contributed by atoms with E-state index in [9.17, 15) is 4.91 Å². The Balaban J connectivity index is 2.56. The lowest BCUT2D eigenvalue weighted by Gasteiger charge is -1.90. The lowest BCUT2D eigenvalue weighted by molar-refractivity contribution is -0.742. The van der Waals surface area contributed by atoms with Crippen molar-refractivity contribution in [1.82, 2.24) is 0 Å². The van der Waals surface area contributed by atoms with Crippen molar-refractivity contribution in [3.8, 4) is 0 Å². The number of benzene rings is 1. The molecule has 0 aliphatic carbocycles. The van der Waals surface area contributed by atoms with Crippen LogP contribution < -0.4 is 0 Å². The molecule has 60 valence electrons. The van der Waals surface area contributed by atoms with Gasteiger partial charge in [0, 0.05) is 6.07 Å². The van der Waals surface area contributed by atoms with Crippen LogP contribution in [0.2, 0.25) is 0 Å². The minimum absolute atomic E-state index is 0.332. The third-order valence-electron chi connectivity index (χ3n) is 1.72. The zero-order valence-electron chi connectivity index (χ0n) is 6.43. The molecule has 2 rings (SSSR count). The summed E-state index contributed by atoms with van der Waals surface area (Å²) in [5.41, 5.74) is 1.45. The van der Waals surface area contributed by atoms with Crippen LogP contribution in [-0.4, -0.2) is 11.5 Å². The molecule has 0 radical (unpaired) electrons. The van der Waals surface area contributed by atoms with E-state index in [2.05, 4.69) is 0 Å². The first kappa shape index (κ1) is 7.03. The first-order chi connectivity index (χ1) is 5.88. The summed E-state index contributed by atoms with van der Waals surface area (Å²) < 4.78 is 0. The number of para-hydroxylation sites is 1. The molecule has 1 aliphatic rings. The standard InChI is InChI=1S/C9H8NO2/c11-10-9-6-2-1-4-8(9)5-3-7-12-10/h1-6H,7H2/q+1. The maximum atomic E-state index is 11.2. The average Bonchev–Trinajstić information content (AvgIpc) is 2.29. The van der Waals surface area contributed by atoms with Gasteiger partial charge in [-0.15, -0.1) is 0 Å². The minimum Gasteiger partial charge on any atom is -0.222 e. The van der Waals surface area contributed by atoms with Gasteiger partial charge in [0.1, 0.15) is 0 Å². The molecule has 0 bridgehead atoms. The zero-order chi connectivity index (χ0) is 8.39. The van der Waals surface area contributed by atoms with Crippen LogP contribution in [-0.2, 0) is 4.84 Å². The maximum Gasteiger partial charge on any atom is 0.323 e. The highest BCUT2D eigenvalue weighted by Gasteiger charge is 2.20. The van der Waals surface area contributed by atoms with Crippen LogP contribution in [0, 0.1) is 4.91 Å². The number of fused-ring (bicyclic) bond motifs is 1. The van der Waals surface area contributed by atoms with Crippen LogP contribution in [0.1, 0.15) is 5.56 Å². The van der Waals surface area contributed by atoms with Gasteiger partial charge < -0.3 is 0 Å². The van der Waals surface area contributed by atoms with Crippen molar-refractivity contribution in [2.24, 2.45) is 0 Å². The van der Waals surface area contributed by atoms with Crippen LogP contribution in [0.4, 0.5) is 5.69 Å². The number of rotatable bonds is 0. The molecule has 0 amide bonds. The van der Waals surface area contributed by atoms with E-state index in [4.69, 9.17) is 4.84 Å². The van der Waals surface area contributed by atoms with Crippen molar-refractivity contribution in [3.63, 3.8) is 0 Å². The Kier molecular flexibility index (Phi) is 1.63. The molecule has 0 N–H and O–H groups in total. The fourth-order valence-corrected chi connectivity index (χ4v) is 1.15. The molecule has 12 heavy (non-hydrogen) atoms. The van der Waals surface area contributed by atoms with Gasteiger partial charge in [-0.05, 0) is 18.2 Å². The summed E-state index contributed by atoms with van der Waals surface area (Å²) >= 11 is 0. The van der Waals surface area contributed by atoms with Crippen molar-refractivity contribution < 1.29 is 9.76 Å². The summed E-state index contributed by atoms with van der Waals surface area (Å²) in [5, 5.41) is 0. The zero-order valence-corrected chi connectivity index (χ0v) is 6.43. The molecule has 1 aromatic rings. The van der Waals surface area contributed by atoms with E-state index in [0.717, 1.165) is 5.56 Å². The fraction of sp³-hybridized carbons (Fsp3) is 0.111. The molecule has 1 aromatic carbocycles. The van der Waals surface area contributed by atoms with Crippen molar-refractivity contribution >= 4 is 11.8 Å². The summed E-state index contributed by atoms with van der Waals surface area (Å²) in [5.74, 6) is 0. The number of hydrogen-bond acceptors (Lipinski definition) is 2. The highest BCUT2D eigenvalue weighted by Crippen LogP contribution is 2.21. The SMILES string of the molecule is O=[N+]1OCC=Cc2ccccc21. The Morgan fingerprint density at radius 1 is 1.33 bits per heavy atom. The molecule has 0 aromatic heterocycles. The lowest BCUT2D eigenvalue weighted by atomic mass is 10.2. The molecule has 0 atom stereocenters. The molecule has 3 nitrogen and oxygen atoms in total. The van der Waals surface area contributed by atoms with Crippen LogP contribution in [0.25, 0.3) is 6.08 Å². The molecular weight excluding hydrogens is 154 g/mol. The summed E-state index contributed by atoms with van der Waals surface area (Å²) in [6.45, 7) is 0.332. The topological polar surface area (TPSA) is 29.3 Å². The predicted octanol–water partition coefficient (Wildman–Crippen LogP) is 2.06. The van der Waals surface area contributed by atoms with Crippen molar-refractivity contribution in [2.75, 3.05) is 6.61 Å². The molecule has 0 saturated heterocycles. The second kappa shape index (κ2) is 2.77. The van der Waals surface area contributed by atoms with E-state index in [-0.39, 0.29) is 0 Å². The minimum atomic E-state index is 0.332. The average molecular weight is 162 g/mol. The van der Waals surface area contributed by atoms with E-state index in [1.807, 2.05) is 30.4 Å². The fourth-order valence-electron chi connectivity index (χ4n) is 1.15. The van der Waals surface area contributed by atoms with Gasteiger partial charge in [0.15, 0.2) is 6.61 Å². The number of nitrogens with zero attached hydrogens (tertiary/aromatic N) is 1. The summed E-state index contributed by atoms with van der Waals surface area (Å²) in [4.78, 5) is 16.5. The van der Waals surface area contributed by atoms with E-state index >= 15 is 0 Å². The van der Waals surface area contributed by atoms with Gasteiger partial charge in [-0.1, -0.05) is 12.1 Å². The third kappa shape index (κ3) is 1.09. The number of hydrogen-bond donors (Lipinski definition) is 0. The maximum absolute atomic E-state index is 11.2. The van der Waals surface area contributed by atoms with E-state index in [1.54, 1.807) is 6.07 Å². The third-order valence-corrected chi connectivity index (χ3v) is 1.72. The Bertz CT molecular complexity index is 344. The van der Waals surface area contributed by atoms with Gasteiger partial charge in [0.2, 0.25) is 0 Å². The Morgan fingerprint density at radius 2 is 2.17 bits per heavy atom. The molecule has 0 spiro atoms. The molecule has 1 aliphatic heterocycles. The van der Waals surface area contributed by atoms with Crippen molar-refractivity contribution in [3.05, 3.63) is 40.8 Å². The van der Waals surface area contributed by atoms with Gasteiger partial charge >= 0.3 is 5.69 Å². The highest BCUT2D eigenvalue weighted by atomic mass is 16.8. The van der Waals surface area contributed by atoms with Crippen LogP contribution in [0.3, 0.4) is 0 Å². The second-order valence-electron chi connectivity index (χ2n) is 2.51. The van der Waals surface area contributed by atoms with E-state index < -0.39 is 0 Å². The molecule has 0 unspecified atom stereocenters. The molecule has 3 heteroatoms. The lowest BCUT2D eigenvalue weighted by Crippen LogP contribution is -2.01. The van der Waals surface area contributed by atoms with Crippen molar-refractivity contribution in [2.45, 2.75) is 0 Å². The smallest absolute Gasteiger partial charge is 0.222 e. The van der Waals surface area contributed by atoms with Gasteiger partial charge in [0.25, 0.3) is 4.92 Å². The molecular formula is C9H8NO2+. The van der Waals surface area contributed by atoms with Gasteiger partial charge in [-0.25, -0.2) is 4.84 Å². The normalized spacial score (nSPS) is 14.8. The van der Waals surface area contributed by atoms with Crippen LogP contribution >= 0.6 is 0 Å². The molecule has 0 saturated carbocycles. The highest BCUT2D eigenvalue weighted by molar-refractivity contribution is 5.60. The van der Waals surface area contributed by atoms with Gasteiger partial charge in [-0.2, -0.15) is 0 Å². The summed E-state index contributed by atoms with van der Waals surface area (Å²) in [6.07, 6.45) is 3.70. The first-order valence-corrected chi connectivity index (χ1v) is 3.74. The monoisotopic (exact) mass is 162 g/mol. The second-order valence-corrected chi connectivity index (χ2v) is 2.51. The Labute approximate surface area is 69.8 Å². The van der Waals surface area contributed by atoms with E-state index in [1.165, 1.54) is 0 Å². The Hall–Kier alpha value is -1.64. The first-order valence-electron chi connectivity index (χ1n) is 3.74. The van der Waals surface area contributed by atoms with Crippen LogP contribution in [0.15, 0.2) is 30.3 Å². The van der Waals surface area contributed by atoms with Crippen molar-refractivity contribution in [1.29, 1.82) is 0 Å². The quantitative estimate of drug-likeness (QED) is 0.584.